The molecule has 0 atom stereocenters. The summed E-state index contributed by atoms with van der Waals surface area (Å²) in [6.07, 6.45) is 0. The first-order valence-electron chi connectivity index (χ1n) is 0. The molecule has 0 heterocycles. The topological polar surface area (TPSA) is 0 Å². The van der Waals surface area contributed by atoms with Gasteiger partial charge in [-0.05, 0) is 0 Å². The largest absolute Gasteiger partial charge is 0.187 e. The molecule has 0 aromatic rings. The summed E-state index contributed by atoms with van der Waals surface area (Å²) >= 11 is 0. The fraction of sp³-hybridized carbons (Fsp3) is 0. The number of hydrogen-bond acceptors (Lipinski definition) is 0. The summed E-state index contributed by atoms with van der Waals surface area (Å²) in [5.74, 6) is 0. The van der Waals surface area contributed by atoms with Crippen LogP contribution < -0.4 is 0 Å². The van der Waals surface area contributed by atoms with E-state index in [0.29, 0.717) is 0 Å². The van der Waals surface area contributed by atoms with Gasteiger partial charge < -0.3 is 0 Å². The summed E-state index contributed by atoms with van der Waals surface area (Å²) in [5.41, 5.74) is 0. The first-order chi connectivity index (χ1) is 0. The molecule has 0 aromatic carbocycles. The van der Waals surface area contributed by atoms with Gasteiger partial charge >= 0.3 is 0 Å². The van der Waals surface area contributed by atoms with Crippen molar-refractivity contribution in [3.8, 4) is 0 Å². The van der Waals surface area contributed by atoms with Gasteiger partial charge in [-0.25, -0.2) is 0 Å². The fourth-order valence-corrected chi connectivity index (χ4v) is 0. The van der Waals surface area contributed by atoms with Gasteiger partial charge in [-0.2, -0.15) is 0 Å². The molecule has 0 saturated carbocycles. The predicted octanol–water partition coefficient (Wildman–Crippen LogP) is 0.0790. The molecule has 0 nitrogen and oxygen atoms in total. The molecular formula is H6AlCl3Zn. The van der Waals surface area contributed by atoms with Crippen molar-refractivity contribution in [2.45, 2.75) is 0 Å². The van der Waals surface area contributed by atoms with E-state index in [2.05, 4.69) is 0 Å². The van der Waals surface area contributed by atoms with Crippen molar-refractivity contribution in [3.63, 3.8) is 0 Å². The first-order valence-corrected chi connectivity index (χ1v) is 0. The van der Waals surface area contributed by atoms with Gasteiger partial charge in [0.1, 0.15) is 0 Å². The van der Waals surface area contributed by atoms with Gasteiger partial charge in [-0.1, -0.05) is 0 Å². The Balaban J connectivity index is 0. The van der Waals surface area contributed by atoms with E-state index in [4.69, 9.17) is 0 Å². The van der Waals surface area contributed by atoms with Crippen LogP contribution >= 0.6 is 37.2 Å². The van der Waals surface area contributed by atoms with E-state index in [1.54, 1.807) is 0 Å². The van der Waals surface area contributed by atoms with Crippen LogP contribution in [0.15, 0.2) is 0 Å². The van der Waals surface area contributed by atoms with E-state index in [-0.39, 0.29) is 74.1 Å². The molecule has 0 aliphatic heterocycles. The molecule has 0 aliphatic rings. The van der Waals surface area contributed by atoms with E-state index in [0.717, 1.165) is 0 Å². The van der Waals surface area contributed by atoms with Crippen LogP contribution in [0, 0.1) is 0 Å². The van der Waals surface area contributed by atoms with Crippen LogP contribution in [0.2, 0.25) is 0 Å². The molecule has 0 bridgehead atoms. The van der Waals surface area contributed by atoms with Crippen LogP contribution in [-0.4, -0.2) is 17.4 Å². The van der Waals surface area contributed by atoms with Gasteiger partial charge in [-0.15, -0.1) is 37.2 Å². The molecule has 0 spiro atoms. The summed E-state index contributed by atoms with van der Waals surface area (Å²) in [6, 6.07) is 0. The summed E-state index contributed by atoms with van der Waals surface area (Å²) in [5, 5.41) is 0. The molecule has 0 radical (unpaired) electrons. The average molecular weight is 205 g/mol. The van der Waals surface area contributed by atoms with Crippen molar-refractivity contribution >= 4 is 54.6 Å². The van der Waals surface area contributed by atoms with Crippen LogP contribution in [0.25, 0.3) is 0 Å². The van der Waals surface area contributed by atoms with Crippen molar-refractivity contribution in [2.24, 2.45) is 0 Å². The summed E-state index contributed by atoms with van der Waals surface area (Å²) in [6.45, 7) is 0. The molecule has 5 heavy (non-hydrogen) atoms. The maximum absolute atomic E-state index is 0. The van der Waals surface area contributed by atoms with Gasteiger partial charge in [0.15, 0.2) is 17.4 Å². The molecule has 0 aliphatic carbocycles. The van der Waals surface area contributed by atoms with E-state index >= 15 is 0 Å². The fourth-order valence-electron chi connectivity index (χ4n) is 0. The van der Waals surface area contributed by atoms with Gasteiger partial charge in [0.25, 0.3) is 0 Å². The third kappa shape index (κ3) is 23.8. The monoisotopic (exact) mass is 202 g/mol. The van der Waals surface area contributed by atoms with Crippen LogP contribution in [0.3, 0.4) is 0 Å². The number of hydrogen-bond donors (Lipinski definition) is 0. The molecule has 0 amide bonds. The zero-order chi connectivity index (χ0) is 0. The second kappa shape index (κ2) is 37.1. The molecule has 0 fully saturated rings. The number of halogens is 3. The van der Waals surface area contributed by atoms with E-state index in [9.17, 15) is 0 Å². The Morgan fingerprint density at radius 1 is 0.600 bits per heavy atom. The maximum atomic E-state index is 0. The van der Waals surface area contributed by atoms with Crippen molar-refractivity contribution in [3.05, 3.63) is 0 Å². The SMILES string of the molecule is Cl.Cl.Cl.[AlH3].[Zn]. The quantitative estimate of drug-likeness (QED) is 0.491. The van der Waals surface area contributed by atoms with Crippen LogP contribution in [-0.2, 0) is 19.5 Å². The molecule has 0 rings (SSSR count). The molecule has 0 unspecified atom stereocenters. The smallest absolute Gasteiger partial charge is 0.147 e. The summed E-state index contributed by atoms with van der Waals surface area (Å²) in [7, 11) is 0. The second-order valence-corrected chi connectivity index (χ2v) is 0. The minimum Gasteiger partial charge on any atom is -0.147 e. The molecule has 5 heteroatoms. The van der Waals surface area contributed by atoms with Gasteiger partial charge in [0, 0.05) is 19.5 Å². The zero-order valence-electron chi connectivity index (χ0n) is 1.93. The standard InChI is InChI=1S/Al.3ClH.Zn.3H/h;3*1H;;;;. The van der Waals surface area contributed by atoms with Crippen LogP contribution in [0.5, 0.6) is 0 Å². The third-order valence-electron chi connectivity index (χ3n) is 0. The Hall–Kier alpha value is 2.03. The van der Waals surface area contributed by atoms with Crippen LogP contribution in [0.1, 0.15) is 0 Å². The minimum absolute atomic E-state index is 0. The Morgan fingerprint density at radius 2 is 0.600 bits per heavy atom. The van der Waals surface area contributed by atoms with Gasteiger partial charge in [0.2, 0.25) is 0 Å². The molecule has 0 N–H and O–H groups in total. The van der Waals surface area contributed by atoms with E-state index in [1.807, 2.05) is 0 Å². The molecule has 0 saturated heterocycles. The average Bonchev–Trinajstić information content (AvgIpc) is 0. The van der Waals surface area contributed by atoms with Gasteiger partial charge in [-0.3, -0.25) is 0 Å². The molecule has 0 aromatic heterocycles. The Labute approximate surface area is 73.6 Å². The predicted molar refractivity (Wildman–Crippen MR) is 31.7 cm³/mol. The second-order valence-electron chi connectivity index (χ2n) is 0. The van der Waals surface area contributed by atoms with Crippen molar-refractivity contribution in [1.29, 1.82) is 0 Å². The summed E-state index contributed by atoms with van der Waals surface area (Å²) < 4.78 is 0. The maximum Gasteiger partial charge on any atom is 0.187 e. The van der Waals surface area contributed by atoms with Crippen molar-refractivity contribution in [2.75, 3.05) is 0 Å². The third-order valence-corrected chi connectivity index (χ3v) is 0. The molecule has 32 valence electrons. The Kier molecular flexibility index (Phi) is 461. The Bertz CT molecular complexity index is 6.85. The van der Waals surface area contributed by atoms with Crippen molar-refractivity contribution in [1.82, 2.24) is 0 Å². The number of rotatable bonds is 0. The van der Waals surface area contributed by atoms with Crippen molar-refractivity contribution < 1.29 is 19.5 Å². The van der Waals surface area contributed by atoms with E-state index < -0.39 is 0 Å². The zero-order valence-corrected chi connectivity index (χ0v) is 7.35. The van der Waals surface area contributed by atoms with E-state index in [1.165, 1.54) is 0 Å². The Morgan fingerprint density at radius 3 is 0.600 bits per heavy atom. The van der Waals surface area contributed by atoms with Gasteiger partial charge in [0.05, 0.1) is 0 Å². The van der Waals surface area contributed by atoms with Crippen LogP contribution in [0.4, 0.5) is 0 Å². The first kappa shape index (κ1) is 62.2. The minimum atomic E-state index is 0. The normalized spacial score (nSPS) is 0. The molecular weight excluding hydrogens is 199 g/mol. The summed E-state index contributed by atoms with van der Waals surface area (Å²) in [4.78, 5) is 0.